The van der Waals surface area contributed by atoms with E-state index in [1.165, 1.54) is 18.2 Å². The van der Waals surface area contributed by atoms with Crippen LogP contribution in [0.25, 0.3) is 0 Å². The molecule has 0 atom stereocenters. The normalized spacial score (nSPS) is 11.2. The first-order valence-corrected chi connectivity index (χ1v) is 9.40. The molecule has 0 heterocycles. The Balaban J connectivity index is 1.83. The molecule has 2 aromatic carbocycles. The van der Waals surface area contributed by atoms with E-state index in [1.807, 2.05) is 0 Å². The van der Waals surface area contributed by atoms with Crippen molar-refractivity contribution in [3.8, 4) is 0 Å². The Morgan fingerprint density at radius 2 is 1.75 bits per heavy atom. The molecule has 24 heavy (non-hydrogen) atoms. The van der Waals surface area contributed by atoms with Crippen molar-refractivity contribution in [3.63, 3.8) is 0 Å². The number of rotatable bonds is 7. The molecule has 0 saturated heterocycles. The van der Waals surface area contributed by atoms with Gasteiger partial charge in [0.25, 0.3) is 0 Å². The quantitative estimate of drug-likeness (QED) is 0.816. The maximum atomic E-state index is 13.4. The number of carbonyl (C=O) groups is 1. The summed E-state index contributed by atoms with van der Waals surface area (Å²) in [7, 11) is -3.62. The number of halogens is 2. The zero-order valence-electron chi connectivity index (χ0n) is 12.8. The Bertz CT molecular complexity index is 824. The number of nitrogens with one attached hydrogen (secondary N) is 1. The lowest BCUT2D eigenvalue weighted by Crippen LogP contribution is -2.27. The Morgan fingerprint density at radius 1 is 1.08 bits per heavy atom. The lowest BCUT2D eigenvalue weighted by molar-refractivity contribution is -0.120. The smallest absolute Gasteiger partial charge is 0.221 e. The summed E-state index contributed by atoms with van der Waals surface area (Å²) in [6.45, 7) is 0.242. The van der Waals surface area contributed by atoms with Crippen molar-refractivity contribution in [1.82, 2.24) is 5.32 Å². The van der Waals surface area contributed by atoms with E-state index in [0.29, 0.717) is 12.0 Å². The molecular formula is C17H17ClFNO3S. The molecule has 1 amide bonds. The zero-order valence-corrected chi connectivity index (χ0v) is 14.4. The molecule has 0 aliphatic carbocycles. The fraction of sp³-hybridized carbons (Fsp3) is 0.235. The second kappa shape index (κ2) is 8.26. The minimum absolute atomic E-state index is 0.0193. The molecule has 2 aromatic rings. The van der Waals surface area contributed by atoms with Gasteiger partial charge in [-0.3, -0.25) is 4.79 Å². The molecular weight excluding hydrogens is 353 g/mol. The summed E-state index contributed by atoms with van der Waals surface area (Å²) in [5.41, 5.74) is 0.501. The van der Waals surface area contributed by atoms with E-state index < -0.39 is 15.7 Å². The lowest BCUT2D eigenvalue weighted by atomic mass is 10.1. The van der Waals surface area contributed by atoms with E-state index in [4.69, 9.17) is 11.6 Å². The molecule has 0 unspecified atom stereocenters. The van der Waals surface area contributed by atoms with Crippen LogP contribution in [0, 0.1) is 5.82 Å². The van der Waals surface area contributed by atoms with Crippen LogP contribution in [0.2, 0.25) is 5.02 Å². The van der Waals surface area contributed by atoms with Crippen LogP contribution in [0.4, 0.5) is 4.39 Å². The van der Waals surface area contributed by atoms with Crippen LogP contribution in [-0.2, 0) is 21.1 Å². The van der Waals surface area contributed by atoms with Crippen LogP contribution in [0.1, 0.15) is 12.0 Å². The first kappa shape index (κ1) is 18.4. The van der Waals surface area contributed by atoms with Gasteiger partial charge >= 0.3 is 0 Å². The molecule has 0 saturated carbocycles. The average Bonchev–Trinajstić information content (AvgIpc) is 2.55. The van der Waals surface area contributed by atoms with Gasteiger partial charge in [-0.05, 0) is 30.2 Å². The maximum Gasteiger partial charge on any atom is 0.221 e. The van der Waals surface area contributed by atoms with Crippen molar-refractivity contribution in [2.45, 2.75) is 17.7 Å². The minimum Gasteiger partial charge on any atom is -0.356 e. The van der Waals surface area contributed by atoms with Crippen molar-refractivity contribution in [3.05, 3.63) is 64.9 Å². The molecule has 2 rings (SSSR count). The van der Waals surface area contributed by atoms with E-state index in [1.54, 1.807) is 30.3 Å². The standard InChI is InChI=1S/C17H17ClFNO3S/c18-14-6-2-4-8-16(14)24(22,23)12-10-17(21)20-11-9-13-5-1-3-7-15(13)19/h1-8H,9-12H2,(H,20,21). The molecule has 0 fully saturated rings. The molecule has 4 nitrogen and oxygen atoms in total. The largest absolute Gasteiger partial charge is 0.356 e. The third-order valence-corrected chi connectivity index (χ3v) is 5.65. The van der Waals surface area contributed by atoms with Gasteiger partial charge in [0, 0.05) is 13.0 Å². The zero-order chi connectivity index (χ0) is 17.6. The van der Waals surface area contributed by atoms with Gasteiger partial charge in [-0.25, -0.2) is 12.8 Å². The topological polar surface area (TPSA) is 63.2 Å². The van der Waals surface area contributed by atoms with Crippen LogP contribution in [0.3, 0.4) is 0 Å². The lowest BCUT2D eigenvalue weighted by Gasteiger charge is -2.08. The SMILES string of the molecule is O=C(CCS(=O)(=O)c1ccccc1Cl)NCCc1ccccc1F. The predicted octanol–water partition coefficient (Wildman–Crippen LogP) is 3.00. The fourth-order valence-corrected chi connectivity index (χ4v) is 3.97. The molecule has 7 heteroatoms. The van der Waals surface area contributed by atoms with Crippen molar-refractivity contribution in [2.75, 3.05) is 12.3 Å². The van der Waals surface area contributed by atoms with E-state index in [2.05, 4.69) is 5.32 Å². The summed E-state index contributed by atoms with van der Waals surface area (Å²) < 4.78 is 37.8. The van der Waals surface area contributed by atoms with E-state index >= 15 is 0 Å². The number of benzene rings is 2. The van der Waals surface area contributed by atoms with Crippen LogP contribution in [0.15, 0.2) is 53.4 Å². The highest BCUT2D eigenvalue weighted by Crippen LogP contribution is 2.22. The summed E-state index contributed by atoms with van der Waals surface area (Å²) in [4.78, 5) is 11.8. The third-order valence-electron chi connectivity index (χ3n) is 3.44. The summed E-state index contributed by atoms with van der Waals surface area (Å²) in [5.74, 6) is -1.06. The fourth-order valence-electron chi connectivity index (χ4n) is 2.16. The number of sulfone groups is 1. The highest BCUT2D eigenvalue weighted by atomic mass is 35.5. The van der Waals surface area contributed by atoms with Crippen molar-refractivity contribution in [1.29, 1.82) is 0 Å². The number of carbonyl (C=O) groups excluding carboxylic acids is 1. The van der Waals surface area contributed by atoms with Gasteiger partial charge in [-0.1, -0.05) is 41.9 Å². The van der Waals surface area contributed by atoms with E-state index in [-0.39, 0.29) is 34.5 Å². The first-order chi connectivity index (χ1) is 11.4. The van der Waals surface area contributed by atoms with Crippen LogP contribution >= 0.6 is 11.6 Å². The Hall–Kier alpha value is -1.92. The van der Waals surface area contributed by atoms with Crippen molar-refractivity contribution < 1.29 is 17.6 Å². The molecule has 0 aromatic heterocycles. The van der Waals surface area contributed by atoms with Gasteiger partial charge in [0.05, 0.1) is 15.7 Å². The van der Waals surface area contributed by atoms with Crippen molar-refractivity contribution in [2.24, 2.45) is 0 Å². The van der Waals surface area contributed by atoms with Crippen LogP contribution in [0.5, 0.6) is 0 Å². The van der Waals surface area contributed by atoms with Gasteiger partial charge in [0.15, 0.2) is 9.84 Å². The maximum absolute atomic E-state index is 13.4. The molecule has 0 spiro atoms. The van der Waals surface area contributed by atoms with Gasteiger partial charge in [0.1, 0.15) is 5.82 Å². The Kier molecular flexibility index (Phi) is 6.34. The summed E-state index contributed by atoms with van der Waals surface area (Å²) in [6.07, 6.45) is 0.167. The molecule has 0 aliphatic rings. The molecule has 128 valence electrons. The summed E-state index contributed by atoms with van der Waals surface area (Å²) in [6, 6.07) is 12.4. The third kappa shape index (κ3) is 5.04. The molecule has 0 radical (unpaired) electrons. The van der Waals surface area contributed by atoms with Gasteiger partial charge in [-0.15, -0.1) is 0 Å². The predicted molar refractivity (Wildman–Crippen MR) is 91.2 cm³/mol. The second-order valence-electron chi connectivity index (χ2n) is 5.19. The van der Waals surface area contributed by atoms with E-state index in [9.17, 15) is 17.6 Å². The number of hydrogen-bond acceptors (Lipinski definition) is 3. The van der Waals surface area contributed by atoms with E-state index in [0.717, 1.165) is 0 Å². The van der Waals surface area contributed by atoms with Crippen molar-refractivity contribution >= 4 is 27.3 Å². The number of hydrogen-bond donors (Lipinski definition) is 1. The molecule has 1 N–H and O–H groups in total. The number of amides is 1. The monoisotopic (exact) mass is 369 g/mol. The highest BCUT2D eigenvalue weighted by molar-refractivity contribution is 7.91. The Morgan fingerprint density at radius 3 is 2.46 bits per heavy atom. The van der Waals surface area contributed by atoms with Gasteiger partial charge in [-0.2, -0.15) is 0 Å². The van der Waals surface area contributed by atoms with Crippen LogP contribution < -0.4 is 5.32 Å². The minimum atomic E-state index is -3.62. The summed E-state index contributed by atoms with van der Waals surface area (Å²) in [5, 5.41) is 2.73. The average molecular weight is 370 g/mol. The molecule has 0 bridgehead atoms. The van der Waals surface area contributed by atoms with Crippen LogP contribution in [-0.4, -0.2) is 26.6 Å². The first-order valence-electron chi connectivity index (χ1n) is 7.37. The van der Waals surface area contributed by atoms with Gasteiger partial charge in [0.2, 0.25) is 5.91 Å². The van der Waals surface area contributed by atoms with Gasteiger partial charge < -0.3 is 5.32 Å². The Labute approximate surface area is 145 Å². The second-order valence-corrected chi connectivity index (χ2v) is 7.68. The summed E-state index contributed by atoms with van der Waals surface area (Å²) >= 11 is 5.88. The highest BCUT2D eigenvalue weighted by Gasteiger charge is 2.19. The molecule has 0 aliphatic heterocycles.